The van der Waals surface area contributed by atoms with E-state index in [0.717, 1.165) is 36.9 Å². The number of hydrogen-bond donors (Lipinski definition) is 1. The lowest BCUT2D eigenvalue weighted by Gasteiger charge is -2.31. The molecular formula is C24H30N2O2. The standard InChI is InChI=1S/C24H30N2O2/c1-3-18(2)21-11-7-8-12-22(21)25-23(27)24(28)26-15-13-20(14-16-26)17-19-9-5-4-6-10-19/h4-12,18,20H,3,13-17H2,1-2H3,(H,25,27). The van der Waals surface area contributed by atoms with Crippen molar-refractivity contribution in [2.24, 2.45) is 5.92 Å². The molecule has 148 valence electrons. The largest absolute Gasteiger partial charge is 0.334 e. The number of nitrogens with zero attached hydrogens (tertiary/aromatic N) is 1. The molecule has 28 heavy (non-hydrogen) atoms. The normalized spacial score (nSPS) is 15.9. The van der Waals surface area contributed by atoms with E-state index in [-0.39, 0.29) is 0 Å². The van der Waals surface area contributed by atoms with Crippen molar-refractivity contribution in [2.75, 3.05) is 18.4 Å². The molecule has 1 aliphatic heterocycles. The minimum Gasteiger partial charge on any atom is -0.334 e. The first kappa shape index (κ1) is 20.1. The van der Waals surface area contributed by atoms with Gasteiger partial charge in [-0.2, -0.15) is 0 Å². The van der Waals surface area contributed by atoms with Gasteiger partial charge >= 0.3 is 11.8 Å². The molecule has 0 bridgehead atoms. The Bertz CT molecular complexity index is 795. The number of benzene rings is 2. The predicted molar refractivity (Wildman–Crippen MR) is 113 cm³/mol. The number of likely N-dealkylation sites (tertiary alicyclic amines) is 1. The smallest absolute Gasteiger partial charge is 0.313 e. The zero-order valence-corrected chi connectivity index (χ0v) is 16.9. The second-order valence-corrected chi connectivity index (χ2v) is 7.78. The molecule has 2 amide bonds. The molecule has 2 aromatic rings. The fraction of sp³-hybridized carbons (Fsp3) is 0.417. The van der Waals surface area contributed by atoms with E-state index in [2.05, 4.69) is 43.4 Å². The van der Waals surface area contributed by atoms with Crippen LogP contribution in [0.4, 0.5) is 5.69 Å². The molecule has 3 rings (SSSR count). The van der Waals surface area contributed by atoms with Crippen molar-refractivity contribution in [1.29, 1.82) is 0 Å². The van der Waals surface area contributed by atoms with Gasteiger partial charge in [0.1, 0.15) is 0 Å². The van der Waals surface area contributed by atoms with Gasteiger partial charge in [0.2, 0.25) is 0 Å². The lowest BCUT2D eigenvalue weighted by Crippen LogP contribution is -2.44. The van der Waals surface area contributed by atoms with Crippen LogP contribution in [0, 0.1) is 5.92 Å². The Hall–Kier alpha value is -2.62. The Labute approximate surface area is 167 Å². The maximum atomic E-state index is 12.6. The van der Waals surface area contributed by atoms with Gasteiger partial charge in [-0.15, -0.1) is 0 Å². The number of rotatable bonds is 5. The van der Waals surface area contributed by atoms with Crippen molar-refractivity contribution in [2.45, 2.75) is 45.4 Å². The zero-order valence-electron chi connectivity index (χ0n) is 16.9. The Morgan fingerprint density at radius 1 is 1.04 bits per heavy atom. The van der Waals surface area contributed by atoms with E-state index in [1.54, 1.807) is 4.90 Å². The highest BCUT2D eigenvalue weighted by Crippen LogP contribution is 2.27. The monoisotopic (exact) mass is 378 g/mol. The van der Waals surface area contributed by atoms with Crippen molar-refractivity contribution in [3.8, 4) is 0 Å². The molecule has 0 aliphatic carbocycles. The fourth-order valence-corrected chi connectivity index (χ4v) is 3.87. The van der Waals surface area contributed by atoms with E-state index >= 15 is 0 Å². The number of amides is 2. The lowest BCUT2D eigenvalue weighted by molar-refractivity contribution is -0.144. The Morgan fingerprint density at radius 3 is 2.36 bits per heavy atom. The molecule has 1 atom stereocenters. The van der Waals surface area contributed by atoms with Gasteiger partial charge in [0.05, 0.1) is 0 Å². The van der Waals surface area contributed by atoms with E-state index in [1.165, 1.54) is 5.56 Å². The molecular weight excluding hydrogens is 348 g/mol. The number of para-hydroxylation sites is 1. The molecule has 0 saturated carbocycles. The third-order valence-corrected chi connectivity index (χ3v) is 5.82. The summed E-state index contributed by atoms with van der Waals surface area (Å²) in [6.45, 7) is 5.55. The van der Waals surface area contributed by atoms with Crippen LogP contribution >= 0.6 is 0 Å². The molecule has 0 spiro atoms. The first-order valence-corrected chi connectivity index (χ1v) is 10.3. The highest BCUT2D eigenvalue weighted by molar-refractivity contribution is 6.39. The molecule has 4 nitrogen and oxygen atoms in total. The summed E-state index contributed by atoms with van der Waals surface area (Å²) in [5, 5.41) is 2.84. The quantitative estimate of drug-likeness (QED) is 0.772. The molecule has 1 saturated heterocycles. The molecule has 0 radical (unpaired) electrons. The summed E-state index contributed by atoms with van der Waals surface area (Å²) in [7, 11) is 0. The van der Waals surface area contributed by atoms with Gasteiger partial charge in [-0.3, -0.25) is 9.59 Å². The van der Waals surface area contributed by atoms with E-state index in [0.29, 0.717) is 24.9 Å². The first-order chi connectivity index (χ1) is 13.6. The van der Waals surface area contributed by atoms with Crippen molar-refractivity contribution < 1.29 is 9.59 Å². The Balaban J connectivity index is 1.55. The van der Waals surface area contributed by atoms with Crippen LogP contribution in [-0.2, 0) is 16.0 Å². The fourth-order valence-electron chi connectivity index (χ4n) is 3.87. The number of hydrogen-bond acceptors (Lipinski definition) is 2. The molecule has 1 N–H and O–H groups in total. The summed E-state index contributed by atoms with van der Waals surface area (Å²) in [5.41, 5.74) is 3.16. The Kier molecular flexibility index (Phi) is 6.85. The van der Waals surface area contributed by atoms with Gasteiger partial charge in [-0.05, 0) is 54.7 Å². The lowest BCUT2D eigenvalue weighted by atomic mass is 9.90. The van der Waals surface area contributed by atoms with E-state index < -0.39 is 11.8 Å². The van der Waals surface area contributed by atoms with Gasteiger partial charge in [0.25, 0.3) is 0 Å². The Morgan fingerprint density at radius 2 is 1.68 bits per heavy atom. The highest BCUT2D eigenvalue weighted by Gasteiger charge is 2.27. The van der Waals surface area contributed by atoms with Crippen molar-refractivity contribution in [3.05, 3.63) is 65.7 Å². The molecule has 1 unspecified atom stereocenters. The van der Waals surface area contributed by atoms with Crippen LogP contribution in [0.3, 0.4) is 0 Å². The third-order valence-electron chi connectivity index (χ3n) is 5.82. The second kappa shape index (κ2) is 9.54. The topological polar surface area (TPSA) is 49.4 Å². The second-order valence-electron chi connectivity index (χ2n) is 7.78. The van der Waals surface area contributed by atoms with Crippen LogP contribution in [0.15, 0.2) is 54.6 Å². The SMILES string of the molecule is CCC(C)c1ccccc1NC(=O)C(=O)N1CCC(Cc2ccccc2)CC1. The number of nitrogens with one attached hydrogen (secondary N) is 1. The van der Waals surface area contributed by atoms with Gasteiger partial charge in [0, 0.05) is 18.8 Å². The molecule has 0 aromatic heterocycles. The first-order valence-electron chi connectivity index (χ1n) is 10.3. The maximum Gasteiger partial charge on any atom is 0.313 e. The summed E-state index contributed by atoms with van der Waals surface area (Å²) >= 11 is 0. The average molecular weight is 379 g/mol. The molecule has 1 fully saturated rings. The highest BCUT2D eigenvalue weighted by atomic mass is 16.2. The maximum absolute atomic E-state index is 12.6. The van der Waals surface area contributed by atoms with Crippen molar-refractivity contribution >= 4 is 17.5 Å². The van der Waals surface area contributed by atoms with Gasteiger partial charge < -0.3 is 10.2 Å². The molecule has 1 aliphatic rings. The summed E-state index contributed by atoms with van der Waals surface area (Å²) in [4.78, 5) is 26.9. The van der Waals surface area contributed by atoms with Crippen LogP contribution < -0.4 is 5.32 Å². The van der Waals surface area contributed by atoms with E-state index in [4.69, 9.17) is 0 Å². The number of anilines is 1. The zero-order chi connectivity index (χ0) is 19.9. The summed E-state index contributed by atoms with van der Waals surface area (Å²) in [6, 6.07) is 18.2. The van der Waals surface area contributed by atoms with Gasteiger partial charge in [0.15, 0.2) is 0 Å². The van der Waals surface area contributed by atoms with Crippen LogP contribution in [0.2, 0.25) is 0 Å². The van der Waals surface area contributed by atoms with Crippen molar-refractivity contribution in [3.63, 3.8) is 0 Å². The van der Waals surface area contributed by atoms with Crippen LogP contribution in [0.5, 0.6) is 0 Å². The average Bonchev–Trinajstić information content (AvgIpc) is 2.74. The van der Waals surface area contributed by atoms with Crippen LogP contribution in [0.25, 0.3) is 0 Å². The summed E-state index contributed by atoms with van der Waals surface area (Å²) in [5.74, 6) is -0.0460. The number of carbonyl (C=O) groups excluding carboxylic acids is 2. The number of carbonyl (C=O) groups is 2. The van der Waals surface area contributed by atoms with Crippen LogP contribution in [0.1, 0.15) is 50.2 Å². The molecule has 1 heterocycles. The minimum atomic E-state index is -0.530. The minimum absolute atomic E-state index is 0.334. The summed E-state index contributed by atoms with van der Waals surface area (Å²) < 4.78 is 0. The number of piperidine rings is 1. The van der Waals surface area contributed by atoms with Gasteiger partial charge in [-0.25, -0.2) is 0 Å². The van der Waals surface area contributed by atoms with Crippen LogP contribution in [-0.4, -0.2) is 29.8 Å². The summed E-state index contributed by atoms with van der Waals surface area (Å²) in [6.07, 6.45) is 3.90. The van der Waals surface area contributed by atoms with E-state index in [9.17, 15) is 9.59 Å². The predicted octanol–water partition coefficient (Wildman–Crippen LogP) is 4.62. The molecule has 4 heteroatoms. The molecule has 2 aromatic carbocycles. The third kappa shape index (κ3) is 5.00. The van der Waals surface area contributed by atoms with Crippen molar-refractivity contribution in [1.82, 2.24) is 4.90 Å². The van der Waals surface area contributed by atoms with E-state index in [1.807, 2.05) is 30.3 Å². The van der Waals surface area contributed by atoms with Gasteiger partial charge in [-0.1, -0.05) is 62.4 Å².